The van der Waals surface area contributed by atoms with E-state index in [1.165, 1.54) is 0 Å². The maximum atomic E-state index is 5.99. The molecule has 6 nitrogen and oxygen atoms in total. The van der Waals surface area contributed by atoms with Gasteiger partial charge in [0, 0.05) is 19.2 Å². The van der Waals surface area contributed by atoms with Crippen molar-refractivity contribution in [2.24, 2.45) is 10.7 Å². The van der Waals surface area contributed by atoms with E-state index >= 15 is 0 Å². The lowest BCUT2D eigenvalue weighted by molar-refractivity contribution is 0.00528. The SMILES string of the molecule is COc1cccc(CN=C(N)N2CCOC(C)C2)n1.I. The third-order valence-electron chi connectivity index (χ3n) is 2.96. The summed E-state index contributed by atoms with van der Waals surface area (Å²) >= 11 is 0. The van der Waals surface area contributed by atoms with Crippen LogP contribution in [0.2, 0.25) is 0 Å². The number of nitrogens with zero attached hydrogens (tertiary/aromatic N) is 3. The number of pyridine rings is 1. The average molecular weight is 392 g/mol. The van der Waals surface area contributed by atoms with Crippen molar-refractivity contribution in [3.63, 3.8) is 0 Å². The third kappa shape index (κ3) is 4.78. The van der Waals surface area contributed by atoms with E-state index in [9.17, 15) is 0 Å². The number of ether oxygens (including phenoxy) is 2. The highest BCUT2D eigenvalue weighted by Gasteiger charge is 2.17. The van der Waals surface area contributed by atoms with Crippen LogP contribution in [0.1, 0.15) is 12.6 Å². The number of methoxy groups -OCH3 is 1. The number of nitrogens with two attached hydrogens (primary N) is 1. The molecule has 2 rings (SSSR count). The van der Waals surface area contributed by atoms with Gasteiger partial charge >= 0.3 is 0 Å². The molecule has 20 heavy (non-hydrogen) atoms. The van der Waals surface area contributed by atoms with Crippen molar-refractivity contribution < 1.29 is 9.47 Å². The van der Waals surface area contributed by atoms with Crippen molar-refractivity contribution in [2.75, 3.05) is 26.8 Å². The van der Waals surface area contributed by atoms with Gasteiger partial charge in [0.15, 0.2) is 5.96 Å². The normalized spacial score (nSPS) is 19.4. The molecular formula is C13H21IN4O2. The average Bonchev–Trinajstić information content (AvgIpc) is 2.45. The van der Waals surface area contributed by atoms with Crippen LogP contribution in [-0.2, 0) is 11.3 Å². The molecule has 2 N–H and O–H groups in total. The Morgan fingerprint density at radius 1 is 1.60 bits per heavy atom. The van der Waals surface area contributed by atoms with Gasteiger partial charge in [0.25, 0.3) is 0 Å². The van der Waals surface area contributed by atoms with Crippen LogP contribution in [0.15, 0.2) is 23.2 Å². The van der Waals surface area contributed by atoms with Gasteiger partial charge in [-0.1, -0.05) is 6.07 Å². The summed E-state index contributed by atoms with van der Waals surface area (Å²) in [4.78, 5) is 10.7. The van der Waals surface area contributed by atoms with E-state index in [1.807, 2.05) is 24.0 Å². The maximum Gasteiger partial charge on any atom is 0.213 e. The smallest absolute Gasteiger partial charge is 0.213 e. The fourth-order valence-electron chi connectivity index (χ4n) is 1.95. The monoisotopic (exact) mass is 392 g/mol. The summed E-state index contributed by atoms with van der Waals surface area (Å²) in [6.07, 6.45) is 0.192. The van der Waals surface area contributed by atoms with E-state index < -0.39 is 0 Å². The highest BCUT2D eigenvalue weighted by atomic mass is 127. The van der Waals surface area contributed by atoms with E-state index in [4.69, 9.17) is 15.2 Å². The first-order chi connectivity index (χ1) is 9.19. The minimum atomic E-state index is 0. The van der Waals surface area contributed by atoms with E-state index in [0.717, 1.165) is 18.8 Å². The van der Waals surface area contributed by atoms with Crippen LogP contribution in [0.5, 0.6) is 5.88 Å². The Labute approximate surface area is 136 Å². The van der Waals surface area contributed by atoms with Gasteiger partial charge in [0.05, 0.1) is 32.1 Å². The zero-order valence-corrected chi connectivity index (χ0v) is 14.1. The molecule has 0 amide bonds. The molecule has 0 radical (unpaired) electrons. The summed E-state index contributed by atoms with van der Waals surface area (Å²) in [6.45, 7) is 4.73. The lowest BCUT2D eigenvalue weighted by Gasteiger charge is -2.31. The van der Waals surface area contributed by atoms with Crippen LogP contribution in [0.25, 0.3) is 0 Å². The zero-order valence-electron chi connectivity index (χ0n) is 11.8. The molecule has 2 heterocycles. The van der Waals surface area contributed by atoms with Crippen LogP contribution >= 0.6 is 24.0 Å². The van der Waals surface area contributed by atoms with Gasteiger partial charge in [-0.25, -0.2) is 9.98 Å². The molecule has 1 aromatic rings. The van der Waals surface area contributed by atoms with Crippen LogP contribution in [0.3, 0.4) is 0 Å². The molecule has 0 bridgehead atoms. The minimum absolute atomic E-state index is 0. The van der Waals surface area contributed by atoms with Crippen molar-refractivity contribution in [1.29, 1.82) is 0 Å². The first kappa shape index (κ1) is 17.0. The van der Waals surface area contributed by atoms with Crippen molar-refractivity contribution in [2.45, 2.75) is 19.6 Å². The topological polar surface area (TPSA) is 73.0 Å². The lowest BCUT2D eigenvalue weighted by atomic mass is 10.3. The number of aromatic nitrogens is 1. The number of aliphatic imine (C=N–C) groups is 1. The van der Waals surface area contributed by atoms with Crippen molar-refractivity contribution in [1.82, 2.24) is 9.88 Å². The summed E-state index contributed by atoms with van der Waals surface area (Å²) in [6, 6.07) is 5.60. The molecule has 1 aliphatic rings. The summed E-state index contributed by atoms with van der Waals surface area (Å²) in [5.41, 5.74) is 6.83. The van der Waals surface area contributed by atoms with Gasteiger partial charge in [-0.2, -0.15) is 0 Å². The van der Waals surface area contributed by atoms with Crippen molar-refractivity contribution in [3.05, 3.63) is 23.9 Å². The number of hydrogen-bond donors (Lipinski definition) is 1. The van der Waals surface area contributed by atoms with Crippen molar-refractivity contribution in [3.8, 4) is 5.88 Å². The molecule has 0 saturated carbocycles. The Morgan fingerprint density at radius 3 is 3.10 bits per heavy atom. The predicted octanol–water partition coefficient (Wildman–Crippen LogP) is 1.24. The molecule has 0 aromatic carbocycles. The molecule has 1 unspecified atom stereocenters. The molecular weight excluding hydrogens is 371 g/mol. The molecule has 0 spiro atoms. The first-order valence-electron chi connectivity index (χ1n) is 6.35. The van der Waals surface area contributed by atoms with Crippen LogP contribution in [0.4, 0.5) is 0 Å². The molecule has 1 atom stereocenters. The Balaban J connectivity index is 0.00000200. The number of hydrogen-bond acceptors (Lipinski definition) is 4. The van der Waals surface area contributed by atoms with Crippen molar-refractivity contribution >= 4 is 29.9 Å². The summed E-state index contributed by atoms with van der Waals surface area (Å²) in [5.74, 6) is 1.13. The standard InChI is InChI=1S/C13H20N4O2.HI/c1-10-9-17(6-7-19-10)13(14)15-8-11-4-3-5-12(16-11)18-2;/h3-5,10H,6-9H2,1-2H3,(H2,14,15);1H. The highest BCUT2D eigenvalue weighted by Crippen LogP contribution is 2.08. The van der Waals surface area contributed by atoms with E-state index in [0.29, 0.717) is 25.0 Å². The molecule has 1 saturated heterocycles. The fraction of sp³-hybridized carbons (Fsp3) is 0.538. The van der Waals surface area contributed by atoms with E-state index in [-0.39, 0.29) is 30.1 Å². The minimum Gasteiger partial charge on any atom is -0.481 e. The third-order valence-corrected chi connectivity index (χ3v) is 2.96. The lowest BCUT2D eigenvalue weighted by Crippen LogP contribution is -2.47. The number of halogens is 1. The fourth-order valence-corrected chi connectivity index (χ4v) is 1.95. The number of morpholine rings is 1. The molecule has 112 valence electrons. The molecule has 1 aliphatic heterocycles. The highest BCUT2D eigenvalue weighted by molar-refractivity contribution is 14.0. The zero-order chi connectivity index (χ0) is 13.7. The maximum absolute atomic E-state index is 5.99. The Hall–Kier alpha value is -1.09. The Morgan fingerprint density at radius 2 is 2.40 bits per heavy atom. The second kappa shape index (κ2) is 8.25. The summed E-state index contributed by atoms with van der Waals surface area (Å²) in [7, 11) is 1.60. The van der Waals surface area contributed by atoms with E-state index in [1.54, 1.807) is 13.2 Å². The Bertz CT molecular complexity index is 456. The summed E-state index contributed by atoms with van der Waals surface area (Å²) in [5, 5.41) is 0. The quantitative estimate of drug-likeness (QED) is 0.476. The second-order valence-corrected chi connectivity index (χ2v) is 4.47. The van der Waals surface area contributed by atoms with Crippen LogP contribution in [-0.4, -0.2) is 48.8 Å². The van der Waals surface area contributed by atoms with Gasteiger partial charge in [0.1, 0.15) is 0 Å². The number of rotatable bonds is 3. The molecule has 1 aromatic heterocycles. The van der Waals surface area contributed by atoms with Gasteiger partial charge in [-0.15, -0.1) is 24.0 Å². The van der Waals surface area contributed by atoms with Gasteiger partial charge in [-0.05, 0) is 13.0 Å². The van der Waals surface area contributed by atoms with Gasteiger partial charge in [0.2, 0.25) is 5.88 Å². The molecule has 1 fully saturated rings. The molecule has 7 heteroatoms. The predicted molar refractivity (Wildman–Crippen MR) is 88.5 cm³/mol. The number of guanidine groups is 1. The second-order valence-electron chi connectivity index (χ2n) is 4.47. The largest absolute Gasteiger partial charge is 0.481 e. The van der Waals surface area contributed by atoms with E-state index in [2.05, 4.69) is 9.98 Å². The summed E-state index contributed by atoms with van der Waals surface area (Å²) < 4.78 is 10.5. The Kier molecular flexibility index (Phi) is 7.00. The van der Waals surface area contributed by atoms with Crippen LogP contribution in [0, 0.1) is 0 Å². The molecule has 0 aliphatic carbocycles. The van der Waals surface area contributed by atoms with Crippen LogP contribution < -0.4 is 10.5 Å². The first-order valence-corrected chi connectivity index (χ1v) is 6.35. The van der Waals surface area contributed by atoms with Gasteiger partial charge in [-0.3, -0.25) is 0 Å². The van der Waals surface area contributed by atoms with Gasteiger partial charge < -0.3 is 20.1 Å².